The van der Waals surface area contributed by atoms with Crippen molar-refractivity contribution >= 4 is 16.9 Å². The molecule has 0 fully saturated rings. The first-order valence-corrected chi connectivity index (χ1v) is 7.32. The van der Waals surface area contributed by atoms with Gasteiger partial charge in [-0.3, -0.25) is 5.21 Å². The fourth-order valence-electron chi connectivity index (χ4n) is 3.37. The van der Waals surface area contributed by atoms with Gasteiger partial charge >= 0.3 is 6.03 Å². The number of carbonyl (C=O) groups excluding carboxylic acids is 1. The van der Waals surface area contributed by atoms with E-state index in [0.29, 0.717) is 17.4 Å². The summed E-state index contributed by atoms with van der Waals surface area (Å²) in [6, 6.07) is 5.34. The summed E-state index contributed by atoms with van der Waals surface area (Å²) in [5, 5.41) is 11.8. The zero-order valence-corrected chi connectivity index (χ0v) is 12.6. The number of aryl methyl sites for hydroxylation is 2. The molecule has 21 heavy (non-hydrogen) atoms. The van der Waals surface area contributed by atoms with Gasteiger partial charge in [-0.25, -0.2) is 4.79 Å². The molecule has 0 radical (unpaired) electrons. The van der Waals surface area contributed by atoms with E-state index in [1.54, 1.807) is 0 Å². The number of hydroxylamine groups is 2. The van der Waals surface area contributed by atoms with Crippen LogP contribution in [0.25, 0.3) is 10.9 Å². The zero-order chi connectivity index (χ0) is 15.3. The largest absolute Gasteiger partial charge is 0.350 e. The molecular weight excluding hydrogens is 266 g/mol. The van der Waals surface area contributed by atoms with Crippen LogP contribution in [-0.2, 0) is 6.54 Å². The molecular formula is C16H21N3O2. The normalized spacial score (nSPS) is 17.5. The van der Waals surface area contributed by atoms with Gasteiger partial charge in [-0.05, 0) is 42.5 Å². The lowest BCUT2D eigenvalue weighted by molar-refractivity contribution is -0.0760. The Bertz CT molecular complexity index is 718. The molecule has 0 bridgehead atoms. The average Bonchev–Trinajstić information content (AvgIpc) is 2.98. The third-order valence-corrected chi connectivity index (χ3v) is 4.52. The van der Waals surface area contributed by atoms with Gasteiger partial charge in [-0.15, -0.1) is 0 Å². The quantitative estimate of drug-likeness (QED) is 0.657. The van der Waals surface area contributed by atoms with E-state index >= 15 is 0 Å². The maximum atomic E-state index is 11.3. The zero-order valence-electron chi connectivity index (χ0n) is 12.6. The summed E-state index contributed by atoms with van der Waals surface area (Å²) in [7, 11) is 0. The molecule has 1 aliphatic heterocycles. The van der Waals surface area contributed by atoms with E-state index < -0.39 is 6.03 Å². The molecule has 5 nitrogen and oxygen atoms in total. The number of benzene rings is 1. The third kappa shape index (κ3) is 2.00. The molecule has 1 atom stereocenters. The Morgan fingerprint density at radius 1 is 1.48 bits per heavy atom. The second kappa shape index (κ2) is 4.77. The minimum Gasteiger partial charge on any atom is -0.350 e. The summed E-state index contributed by atoms with van der Waals surface area (Å²) in [6.45, 7) is 7.18. The lowest BCUT2D eigenvalue weighted by atomic mass is 9.99. The predicted molar refractivity (Wildman–Crippen MR) is 81.3 cm³/mol. The van der Waals surface area contributed by atoms with E-state index in [1.807, 2.05) is 6.92 Å². The molecule has 2 aromatic rings. The monoisotopic (exact) mass is 287 g/mol. The first kappa shape index (κ1) is 13.9. The first-order valence-electron chi connectivity index (χ1n) is 7.32. The number of hydrogen-bond donors (Lipinski definition) is 2. The molecule has 0 spiro atoms. The number of aromatic nitrogens is 1. The number of nitrogens with zero attached hydrogens (tertiary/aromatic N) is 2. The third-order valence-electron chi connectivity index (χ3n) is 4.52. The highest BCUT2D eigenvalue weighted by Gasteiger charge is 2.33. The van der Waals surface area contributed by atoms with Crippen LogP contribution in [0.3, 0.4) is 0 Å². The summed E-state index contributed by atoms with van der Waals surface area (Å²) >= 11 is 0. The minimum atomic E-state index is -0.805. The molecule has 3 rings (SSSR count). The van der Waals surface area contributed by atoms with Crippen molar-refractivity contribution in [2.24, 2.45) is 5.73 Å². The fourth-order valence-corrected chi connectivity index (χ4v) is 3.37. The SMILES string of the molecule is Cc1c2n(c3ccc(C(C)C)cc13)CCC2N(O)C(N)=O. The smallest absolute Gasteiger partial charge is 0.339 e. The number of carbonyl (C=O) groups is 1. The van der Waals surface area contributed by atoms with E-state index in [4.69, 9.17) is 5.73 Å². The van der Waals surface area contributed by atoms with Gasteiger partial charge < -0.3 is 10.3 Å². The summed E-state index contributed by atoms with van der Waals surface area (Å²) in [5.41, 5.74) is 9.78. The molecule has 5 heteroatoms. The van der Waals surface area contributed by atoms with Crippen molar-refractivity contribution < 1.29 is 10.0 Å². The van der Waals surface area contributed by atoms with Gasteiger partial charge in [-0.1, -0.05) is 19.9 Å². The van der Waals surface area contributed by atoms with E-state index in [2.05, 4.69) is 36.6 Å². The fraction of sp³-hybridized carbons (Fsp3) is 0.438. The Morgan fingerprint density at radius 2 is 2.19 bits per heavy atom. The Hall–Kier alpha value is -2.01. The van der Waals surface area contributed by atoms with Crippen LogP contribution in [0, 0.1) is 6.92 Å². The number of nitrogens with two attached hydrogens (primary N) is 1. The minimum absolute atomic E-state index is 0.350. The molecule has 0 saturated heterocycles. The summed E-state index contributed by atoms with van der Waals surface area (Å²) in [6.07, 6.45) is 0.692. The molecule has 1 unspecified atom stereocenters. The maximum Gasteiger partial charge on any atom is 0.339 e. The maximum absolute atomic E-state index is 11.3. The summed E-state index contributed by atoms with van der Waals surface area (Å²) in [4.78, 5) is 11.3. The van der Waals surface area contributed by atoms with Crippen molar-refractivity contribution in [3.05, 3.63) is 35.0 Å². The van der Waals surface area contributed by atoms with Gasteiger partial charge in [0.05, 0.1) is 0 Å². The number of amides is 2. The highest BCUT2D eigenvalue weighted by Crippen LogP contribution is 2.39. The molecule has 1 aromatic carbocycles. The molecule has 1 aromatic heterocycles. The molecule has 112 valence electrons. The van der Waals surface area contributed by atoms with Crippen molar-refractivity contribution in [1.82, 2.24) is 9.63 Å². The Labute approximate surface area is 123 Å². The second-order valence-electron chi connectivity index (χ2n) is 6.08. The molecule has 2 heterocycles. The van der Waals surface area contributed by atoms with Gasteiger partial charge in [-0.2, -0.15) is 5.06 Å². The van der Waals surface area contributed by atoms with E-state index in [0.717, 1.165) is 23.3 Å². The van der Waals surface area contributed by atoms with Gasteiger partial charge in [0.2, 0.25) is 0 Å². The summed E-state index contributed by atoms with van der Waals surface area (Å²) < 4.78 is 2.19. The van der Waals surface area contributed by atoms with Crippen LogP contribution in [0.5, 0.6) is 0 Å². The first-order chi connectivity index (χ1) is 9.91. The van der Waals surface area contributed by atoms with E-state index in [9.17, 15) is 10.0 Å². The van der Waals surface area contributed by atoms with Crippen molar-refractivity contribution in [1.29, 1.82) is 0 Å². The highest BCUT2D eigenvalue weighted by atomic mass is 16.5. The van der Waals surface area contributed by atoms with Gasteiger partial charge in [0, 0.05) is 23.1 Å². The van der Waals surface area contributed by atoms with Crippen LogP contribution >= 0.6 is 0 Å². The highest BCUT2D eigenvalue weighted by molar-refractivity contribution is 5.87. The number of primary amides is 1. The topological polar surface area (TPSA) is 71.5 Å². The molecule has 3 N–H and O–H groups in total. The van der Waals surface area contributed by atoms with Crippen molar-refractivity contribution in [3.63, 3.8) is 0 Å². The van der Waals surface area contributed by atoms with Crippen LogP contribution in [0.2, 0.25) is 0 Å². The Balaban J connectivity index is 2.17. The van der Waals surface area contributed by atoms with E-state index in [1.165, 1.54) is 10.9 Å². The van der Waals surface area contributed by atoms with Crippen LogP contribution in [0.15, 0.2) is 18.2 Å². The second-order valence-corrected chi connectivity index (χ2v) is 6.08. The molecule has 0 aliphatic carbocycles. The molecule has 2 amide bonds. The lowest BCUT2D eigenvalue weighted by Crippen LogP contribution is -2.35. The van der Waals surface area contributed by atoms with Crippen LogP contribution in [0.4, 0.5) is 4.79 Å². The number of fused-ring (bicyclic) bond motifs is 3. The summed E-state index contributed by atoms with van der Waals surface area (Å²) in [5.74, 6) is 0.472. The van der Waals surface area contributed by atoms with E-state index in [-0.39, 0.29) is 6.04 Å². The lowest BCUT2D eigenvalue weighted by Gasteiger charge is -2.20. The van der Waals surface area contributed by atoms with Crippen molar-refractivity contribution in [2.45, 2.75) is 45.7 Å². The molecule has 1 aliphatic rings. The standard InChI is InChI=1S/C16H21N3O2/c1-9(2)11-4-5-13-12(8-11)10(3)15-14(6-7-18(13)15)19(21)16(17)20/h4-5,8-9,14,21H,6-7H2,1-3H3,(H2,17,20). The van der Waals surface area contributed by atoms with Crippen LogP contribution in [0.1, 0.15) is 49.0 Å². The molecule has 0 saturated carbocycles. The predicted octanol–water partition coefficient (Wildman–Crippen LogP) is 3.29. The van der Waals surface area contributed by atoms with Gasteiger partial charge in [0.25, 0.3) is 0 Å². The van der Waals surface area contributed by atoms with Crippen molar-refractivity contribution in [3.8, 4) is 0 Å². The Morgan fingerprint density at radius 3 is 2.81 bits per heavy atom. The van der Waals surface area contributed by atoms with Crippen molar-refractivity contribution in [2.75, 3.05) is 0 Å². The number of urea groups is 1. The number of hydrogen-bond acceptors (Lipinski definition) is 2. The van der Waals surface area contributed by atoms with Crippen LogP contribution < -0.4 is 5.73 Å². The van der Waals surface area contributed by atoms with Crippen LogP contribution in [-0.4, -0.2) is 20.9 Å². The Kier molecular flexibility index (Phi) is 3.17. The average molecular weight is 287 g/mol. The van der Waals surface area contributed by atoms with Gasteiger partial charge in [0.15, 0.2) is 0 Å². The van der Waals surface area contributed by atoms with Gasteiger partial charge in [0.1, 0.15) is 6.04 Å². The number of rotatable bonds is 2.